The van der Waals surface area contributed by atoms with Crippen LogP contribution < -0.4 is 5.32 Å². The highest BCUT2D eigenvalue weighted by Gasteiger charge is 2.29. The third-order valence-electron chi connectivity index (χ3n) is 3.97. The molecule has 1 aliphatic heterocycles. The van der Waals surface area contributed by atoms with Crippen molar-refractivity contribution in [3.63, 3.8) is 0 Å². The number of hydrogen-bond donors (Lipinski definition) is 2. The van der Waals surface area contributed by atoms with Crippen LogP contribution in [0.2, 0.25) is 0 Å². The van der Waals surface area contributed by atoms with E-state index in [4.69, 9.17) is 10.00 Å². The minimum absolute atomic E-state index is 0.0389. The second-order valence-corrected chi connectivity index (χ2v) is 5.42. The van der Waals surface area contributed by atoms with Crippen molar-refractivity contribution >= 4 is 0 Å². The molecule has 6 heteroatoms. The van der Waals surface area contributed by atoms with E-state index in [1.807, 2.05) is 12.3 Å². The lowest BCUT2D eigenvalue weighted by Gasteiger charge is -2.18. The average molecular weight is 300 g/mol. The molecule has 1 saturated heterocycles. The molecule has 1 aromatic carbocycles. The molecule has 1 fully saturated rings. The number of H-pyrrole nitrogens is 1. The van der Waals surface area contributed by atoms with E-state index in [9.17, 15) is 4.39 Å². The lowest BCUT2D eigenvalue weighted by molar-refractivity contribution is 0.0904. The smallest absolute Gasteiger partial charge is 0.129 e. The first-order valence-corrected chi connectivity index (χ1v) is 7.27. The topological polar surface area (TPSA) is 73.7 Å². The molecule has 0 amide bonds. The molecular weight excluding hydrogens is 283 g/mol. The standard InChI is InChI=1S/C16H17FN4O/c17-15-5-11(6-18)1-2-12(15)7-19-8-13-3-4-22-16(13)14-9-20-21-10-14/h1-2,5,9-10,13,16,19H,3-4,7-8H2,(H,20,21)/t13-,16+/m1/s1. The van der Waals surface area contributed by atoms with Gasteiger partial charge in [0.05, 0.1) is 23.9 Å². The summed E-state index contributed by atoms with van der Waals surface area (Å²) in [6, 6.07) is 6.48. The van der Waals surface area contributed by atoms with Gasteiger partial charge in [-0.3, -0.25) is 5.10 Å². The van der Waals surface area contributed by atoms with Crippen molar-refractivity contribution in [3.05, 3.63) is 53.1 Å². The van der Waals surface area contributed by atoms with E-state index < -0.39 is 0 Å². The van der Waals surface area contributed by atoms with Crippen molar-refractivity contribution in [1.29, 1.82) is 5.26 Å². The van der Waals surface area contributed by atoms with Crippen LogP contribution in [0.25, 0.3) is 0 Å². The second-order valence-electron chi connectivity index (χ2n) is 5.42. The van der Waals surface area contributed by atoms with Crippen molar-refractivity contribution < 1.29 is 9.13 Å². The van der Waals surface area contributed by atoms with E-state index in [0.29, 0.717) is 23.6 Å². The van der Waals surface area contributed by atoms with E-state index in [2.05, 4.69) is 15.5 Å². The SMILES string of the molecule is N#Cc1ccc(CNC[C@H]2CCO[C@@H]2c2cn[nH]c2)c(F)c1. The summed E-state index contributed by atoms with van der Waals surface area (Å²) in [7, 11) is 0. The average Bonchev–Trinajstić information content (AvgIpc) is 3.19. The maximum absolute atomic E-state index is 13.8. The van der Waals surface area contributed by atoms with Gasteiger partial charge < -0.3 is 10.1 Å². The minimum atomic E-state index is -0.347. The molecule has 0 saturated carbocycles. The first kappa shape index (κ1) is 14.7. The number of nitrogens with one attached hydrogen (secondary N) is 2. The van der Waals surface area contributed by atoms with Gasteiger partial charge in [0, 0.05) is 42.9 Å². The number of aromatic nitrogens is 2. The number of rotatable bonds is 5. The van der Waals surface area contributed by atoms with E-state index in [1.165, 1.54) is 6.07 Å². The zero-order valence-electron chi connectivity index (χ0n) is 12.1. The molecule has 0 aliphatic carbocycles. The maximum Gasteiger partial charge on any atom is 0.129 e. The monoisotopic (exact) mass is 300 g/mol. The molecule has 0 bridgehead atoms. The highest BCUT2D eigenvalue weighted by atomic mass is 19.1. The summed E-state index contributed by atoms with van der Waals surface area (Å²) in [5, 5.41) is 18.8. The summed E-state index contributed by atoms with van der Waals surface area (Å²) in [6.45, 7) is 1.91. The van der Waals surface area contributed by atoms with Crippen LogP contribution in [0, 0.1) is 23.1 Å². The Morgan fingerprint density at radius 1 is 1.50 bits per heavy atom. The zero-order chi connectivity index (χ0) is 15.4. The normalized spacial score (nSPS) is 20.9. The highest BCUT2D eigenvalue weighted by molar-refractivity contribution is 5.32. The molecule has 5 nitrogen and oxygen atoms in total. The van der Waals surface area contributed by atoms with Crippen LogP contribution in [-0.4, -0.2) is 23.3 Å². The van der Waals surface area contributed by atoms with Gasteiger partial charge in [-0.05, 0) is 18.6 Å². The van der Waals surface area contributed by atoms with Crippen LogP contribution in [0.1, 0.15) is 29.2 Å². The van der Waals surface area contributed by atoms with Crippen molar-refractivity contribution in [3.8, 4) is 6.07 Å². The molecule has 0 unspecified atom stereocenters. The molecule has 0 spiro atoms. The maximum atomic E-state index is 13.8. The first-order valence-electron chi connectivity index (χ1n) is 7.27. The molecule has 2 N–H and O–H groups in total. The van der Waals surface area contributed by atoms with E-state index in [0.717, 1.165) is 25.1 Å². The number of nitriles is 1. The third-order valence-corrected chi connectivity index (χ3v) is 3.97. The molecule has 3 rings (SSSR count). The lowest BCUT2D eigenvalue weighted by Crippen LogP contribution is -2.24. The van der Waals surface area contributed by atoms with Crippen LogP contribution in [0.4, 0.5) is 4.39 Å². The van der Waals surface area contributed by atoms with Crippen LogP contribution in [0.5, 0.6) is 0 Å². The lowest BCUT2D eigenvalue weighted by atomic mass is 9.97. The number of halogens is 1. The fraction of sp³-hybridized carbons (Fsp3) is 0.375. The number of aromatic amines is 1. The van der Waals surface area contributed by atoms with Crippen LogP contribution in [0.15, 0.2) is 30.6 Å². The Bertz CT molecular complexity index is 665. The fourth-order valence-electron chi connectivity index (χ4n) is 2.78. The molecule has 114 valence electrons. The van der Waals surface area contributed by atoms with Gasteiger partial charge in [0.1, 0.15) is 5.82 Å². The molecule has 2 aromatic rings. The summed E-state index contributed by atoms with van der Waals surface area (Å²) in [6.07, 6.45) is 4.64. The summed E-state index contributed by atoms with van der Waals surface area (Å²) >= 11 is 0. The van der Waals surface area contributed by atoms with Gasteiger partial charge in [0.15, 0.2) is 0 Å². The number of nitrogens with zero attached hydrogens (tertiary/aromatic N) is 2. The highest BCUT2D eigenvalue weighted by Crippen LogP contribution is 2.33. The molecular formula is C16H17FN4O. The van der Waals surface area contributed by atoms with Crippen molar-refractivity contribution in [2.75, 3.05) is 13.2 Å². The van der Waals surface area contributed by atoms with Crippen LogP contribution in [-0.2, 0) is 11.3 Å². The zero-order valence-corrected chi connectivity index (χ0v) is 12.1. The Morgan fingerprint density at radius 2 is 2.41 bits per heavy atom. The summed E-state index contributed by atoms with van der Waals surface area (Å²) in [5.74, 6) is -0.000325. The fourth-order valence-corrected chi connectivity index (χ4v) is 2.78. The quantitative estimate of drug-likeness (QED) is 0.888. The molecule has 0 radical (unpaired) electrons. The van der Waals surface area contributed by atoms with Crippen LogP contribution in [0.3, 0.4) is 0 Å². The van der Waals surface area contributed by atoms with E-state index in [1.54, 1.807) is 18.3 Å². The van der Waals surface area contributed by atoms with Gasteiger partial charge in [-0.2, -0.15) is 10.4 Å². The Kier molecular flexibility index (Phi) is 4.47. The largest absolute Gasteiger partial charge is 0.373 e. The molecule has 2 heterocycles. The Morgan fingerprint density at radius 3 is 3.14 bits per heavy atom. The summed E-state index contributed by atoms with van der Waals surface area (Å²) in [4.78, 5) is 0. The van der Waals surface area contributed by atoms with E-state index >= 15 is 0 Å². The second kappa shape index (κ2) is 6.69. The third kappa shape index (κ3) is 3.16. The van der Waals surface area contributed by atoms with Crippen molar-refractivity contribution in [1.82, 2.24) is 15.5 Å². The Hall–Kier alpha value is -2.23. The summed E-state index contributed by atoms with van der Waals surface area (Å²) in [5.41, 5.74) is 1.96. The Labute approximate surface area is 128 Å². The van der Waals surface area contributed by atoms with E-state index in [-0.39, 0.29) is 11.9 Å². The molecule has 1 aromatic heterocycles. The molecule has 2 atom stereocenters. The van der Waals surface area contributed by atoms with Crippen molar-refractivity contribution in [2.24, 2.45) is 5.92 Å². The first-order chi connectivity index (χ1) is 10.8. The predicted octanol–water partition coefficient (Wildman–Crippen LogP) is 2.29. The van der Waals surface area contributed by atoms with Gasteiger partial charge in [-0.25, -0.2) is 4.39 Å². The van der Waals surface area contributed by atoms with Gasteiger partial charge in [0.25, 0.3) is 0 Å². The van der Waals surface area contributed by atoms with Gasteiger partial charge in [-0.1, -0.05) is 6.07 Å². The van der Waals surface area contributed by atoms with Crippen molar-refractivity contribution in [2.45, 2.75) is 19.1 Å². The van der Waals surface area contributed by atoms with Gasteiger partial charge >= 0.3 is 0 Å². The number of ether oxygens (including phenoxy) is 1. The van der Waals surface area contributed by atoms with Gasteiger partial charge in [0.2, 0.25) is 0 Å². The summed E-state index contributed by atoms with van der Waals surface area (Å²) < 4.78 is 19.6. The number of hydrogen-bond acceptors (Lipinski definition) is 4. The van der Waals surface area contributed by atoms with Gasteiger partial charge in [-0.15, -0.1) is 0 Å². The molecule has 1 aliphatic rings. The Balaban J connectivity index is 1.56. The predicted molar refractivity (Wildman–Crippen MR) is 78.2 cm³/mol. The molecule has 22 heavy (non-hydrogen) atoms. The van der Waals surface area contributed by atoms with Crippen LogP contribution >= 0.6 is 0 Å². The number of benzene rings is 1. The minimum Gasteiger partial charge on any atom is -0.373 e.